The van der Waals surface area contributed by atoms with Crippen LogP contribution in [0.15, 0.2) is 24.3 Å². The molecule has 1 aromatic carbocycles. The van der Waals surface area contributed by atoms with Gasteiger partial charge in [-0.15, -0.1) is 0 Å². The molecule has 6 nitrogen and oxygen atoms in total. The number of hydrogen-bond donors (Lipinski definition) is 0. The zero-order chi connectivity index (χ0) is 18.4. The summed E-state index contributed by atoms with van der Waals surface area (Å²) in [7, 11) is 1.50. The first-order valence-electron chi connectivity index (χ1n) is 7.90. The number of aryl methyl sites for hydroxylation is 2. The first-order chi connectivity index (χ1) is 12.0. The van der Waals surface area contributed by atoms with E-state index in [9.17, 15) is 9.59 Å². The van der Waals surface area contributed by atoms with E-state index in [1.807, 2.05) is 6.92 Å². The summed E-state index contributed by atoms with van der Waals surface area (Å²) in [6, 6.07) is 6.69. The lowest BCUT2D eigenvalue weighted by Gasteiger charge is -2.15. The van der Waals surface area contributed by atoms with Gasteiger partial charge in [0.1, 0.15) is 12.9 Å². The van der Waals surface area contributed by atoms with Gasteiger partial charge in [0.15, 0.2) is 11.5 Å². The molecule has 2 aromatic rings. The Morgan fingerprint density at radius 2 is 1.96 bits per heavy atom. The second-order valence-corrected chi connectivity index (χ2v) is 5.42. The number of esters is 1. The van der Waals surface area contributed by atoms with Crippen molar-refractivity contribution in [3.05, 3.63) is 52.3 Å². The van der Waals surface area contributed by atoms with Crippen molar-refractivity contribution < 1.29 is 23.8 Å². The second-order valence-electron chi connectivity index (χ2n) is 5.42. The predicted molar refractivity (Wildman–Crippen MR) is 92.4 cm³/mol. The third-order valence-electron chi connectivity index (χ3n) is 3.60. The summed E-state index contributed by atoms with van der Waals surface area (Å²) < 4.78 is 16.2. The molecular weight excluding hydrogens is 322 g/mol. The quantitative estimate of drug-likeness (QED) is 0.567. The van der Waals surface area contributed by atoms with E-state index in [4.69, 9.17) is 14.2 Å². The third-order valence-corrected chi connectivity index (χ3v) is 3.60. The van der Waals surface area contributed by atoms with Crippen LogP contribution in [0.2, 0.25) is 0 Å². The highest BCUT2D eigenvalue weighted by molar-refractivity contribution is 5.92. The van der Waals surface area contributed by atoms with Gasteiger partial charge >= 0.3 is 5.97 Å². The number of ether oxygens (including phenoxy) is 3. The molecular formula is C19H21NO5. The van der Waals surface area contributed by atoms with E-state index in [0.717, 1.165) is 12.0 Å². The van der Waals surface area contributed by atoms with Crippen LogP contribution in [0.4, 0.5) is 0 Å². The smallest absolute Gasteiger partial charge is 0.340 e. The molecule has 0 bridgehead atoms. The lowest BCUT2D eigenvalue weighted by molar-refractivity contribution is 0.0521. The van der Waals surface area contributed by atoms with Gasteiger partial charge in [-0.1, -0.05) is 0 Å². The van der Waals surface area contributed by atoms with Crippen LogP contribution < -0.4 is 9.47 Å². The predicted octanol–water partition coefficient (Wildman–Crippen LogP) is 3.28. The molecule has 0 spiro atoms. The number of carbonyl (C=O) groups is 2. The molecule has 0 N–H and O–H groups in total. The average molecular weight is 343 g/mol. The number of nitrogens with zero attached hydrogens (tertiary/aromatic N) is 1. The number of benzene rings is 1. The van der Waals surface area contributed by atoms with Gasteiger partial charge < -0.3 is 14.2 Å². The van der Waals surface area contributed by atoms with Crippen LogP contribution >= 0.6 is 0 Å². The molecule has 25 heavy (non-hydrogen) atoms. The molecule has 0 atom stereocenters. The Kier molecular flexibility index (Phi) is 6.11. The summed E-state index contributed by atoms with van der Waals surface area (Å²) in [5.41, 5.74) is 2.97. The Hall–Kier alpha value is -2.89. The van der Waals surface area contributed by atoms with Crippen molar-refractivity contribution in [2.75, 3.05) is 13.7 Å². The van der Waals surface area contributed by atoms with E-state index in [0.29, 0.717) is 33.9 Å². The molecule has 0 fully saturated rings. The summed E-state index contributed by atoms with van der Waals surface area (Å²) in [6.45, 7) is 5.81. The van der Waals surface area contributed by atoms with E-state index in [1.54, 1.807) is 38.1 Å². The number of rotatable bonds is 7. The van der Waals surface area contributed by atoms with Crippen molar-refractivity contribution in [3.8, 4) is 11.5 Å². The van der Waals surface area contributed by atoms with Crippen LogP contribution in [0.1, 0.15) is 44.6 Å². The average Bonchev–Trinajstić information content (AvgIpc) is 2.59. The molecule has 1 aromatic heterocycles. The van der Waals surface area contributed by atoms with Crippen LogP contribution in [-0.4, -0.2) is 31.0 Å². The number of aldehydes is 1. The minimum Gasteiger partial charge on any atom is -0.493 e. The van der Waals surface area contributed by atoms with Gasteiger partial charge in [-0.2, -0.15) is 0 Å². The zero-order valence-electron chi connectivity index (χ0n) is 14.8. The van der Waals surface area contributed by atoms with Crippen LogP contribution in [0.25, 0.3) is 0 Å². The Bertz CT molecular complexity index is 786. The molecule has 0 aliphatic rings. The third kappa shape index (κ3) is 4.35. The van der Waals surface area contributed by atoms with Crippen molar-refractivity contribution in [2.24, 2.45) is 0 Å². The SMILES string of the molecule is CCOC(=O)c1c(COc2ccc(C=O)cc2OC)cc(C)nc1C. The van der Waals surface area contributed by atoms with Crippen molar-refractivity contribution in [1.29, 1.82) is 0 Å². The van der Waals surface area contributed by atoms with Crippen LogP contribution in [0.5, 0.6) is 11.5 Å². The number of aromatic nitrogens is 1. The van der Waals surface area contributed by atoms with Crippen LogP contribution in [0.3, 0.4) is 0 Å². The first-order valence-corrected chi connectivity index (χ1v) is 7.90. The summed E-state index contributed by atoms with van der Waals surface area (Å²) in [5, 5.41) is 0. The molecule has 1 heterocycles. The Morgan fingerprint density at radius 3 is 2.60 bits per heavy atom. The standard InChI is InChI=1S/C19H21NO5/c1-5-24-19(22)18-13(3)20-12(2)8-15(18)11-25-16-7-6-14(10-21)9-17(16)23-4/h6-10H,5,11H2,1-4H3. The lowest BCUT2D eigenvalue weighted by Crippen LogP contribution is -2.14. The molecule has 0 aliphatic heterocycles. The number of hydrogen-bond acceptors (Lipinski definition) is 6. The lowest BCUT2D eigenvalue weighted by atomic mass is 10.1. The molecule has 2 rings (SSSR count). The minimum absolute atomic E-state index is 0.148. The van der Waals surface area contributed by atoms with Crippen molar-refractivity contribution in [3.63, 3.8) is 0 Å². The molecule has 132 valence electrons. The van der Waals surface area contributed by atoms with Gasteiger partial charge in [0.2, 0.25) is 0 Å². The monoisotopic (exact) mass is 343 g/mol. The maximum absolute atomic E-state index is 12.2. The molecule has 0 aliphatic carbocycles. The molecule has 6 heteroatoms. The zero-order valence-corrected chi connectivity index (χ0v) is 14.8. The largest absolute Gasteiger partial charge is 0.493 e. The van der Waals surface area contributed by atoms with Gasteiger partial charge in [0.05, 0.1) is 25.0 Å². The summed E-state index contributed by atoms with van der Waals surface area (Å²) in [6.07, 6.45) is 0.737. The number of carbonyl (C=O) groups excluding carboxylic acids is 2. The topological polar surface area (TPSA) is 74.7 Å². The van der Waals surface area contributed by atoms with Gasteiger partial charge in [-0.25, -0.2) is 4.79 Å². The van der Waals surface area contributed by atoms with Crippen LogP contribution in [0, 0.1) is 13.8 Å². The fourth-order valence-corrected chi connectivity index (χ4v) is 2.54. The normalized spacial score (nSPS) is 10.2. The van der Waals surface area contributed by atoms with Gasteiger partial charge in [-0.3, -0.25) is 9.78 Å². The maximum atomic E-state index is 12.2. The molecule has 0 amide bonds. The minimum atomic E-state index is -0.422. The van der Waals surface area contributed by atoms with E-state index in [-0.39, 0.29) is 13.2 Å². The molecule has 0 saturated heterocycles. The number of pyridine rings is 1. The molecule has 0 radical (unpaired) electrons. The van der Waals surface area contributed by atoms with Crippen molar-refractivity contribution in [2.45, 2.75) is 27.4 Å². The van der Waals surface area contributed by atoms with E-state index < -0.39 is 5.97 Å². The van der Waals surface area contributed by atoms with Gasteiger partial charge in [0, 0.05) is 16.8 Å². The fraction of sp³-hybridized carbons (Fsp3) is 0.316. The van der Waals surface area contributed by atoms with Crippen LogP contribution in [-0.2, 0) is 11.3 Å². The van der Waals surface area contributed by atoms with E-state index >= 15 is 0 Å². The summed E-state index contributed by atoms with van der Waals surface area (Å²) in [5.74, 6) is 0.508. The second kappa shape index (κ2) is 8.28. The number of methoxy groups -OCH3 is 1. The highest BCUT2D eigenvalue weighted by Gasteiger charge is 2.18. The van der Waals surface area contributed by atoms with E-state index in [2.05, 4.69) is 4.98 Å². The van der Waals surface area contributed by atoms with Crippen molar-refractivity contribution >= 4 is 12.3 Å². The first kappa shape index (κ1) is 18.4. The molecule has 0 saturated carbocycles. The van der Waals surface area contributed by atoms with Gasteiger partial charge in [0.25, 0.3) is 0 Å². The maximum Gasteiger partial charge on any atom is 0.340 e. The van der Waals surface area contributed by atoms with Gasteiger partial charge in [-0.05, 0) is 45.0 Å². The highest BCUT2D eigenvalue weighted by Crippen LogP contribution is 2.29. The highest BCUT2D eigenvalue weighted by atomic mass is 16.5. The van der Waals surface area contributed by atoms with E-state index in [1.165, 1.54) is 7.11 Å². The Morgan fingerprint density at radius 1 is 1.20 bits per heavy atom. The fourth-order valence-electron chi connectivity index (χ4n) is 2.54. The summed E-state index contributed by atoms with van der Waals surface area (Å²) >= 11 is 0. The molecule has 0 unspecified atom stereocenters. The summed E-state index contributed by atoms with van der Waals surface area (Å²) in [4.78, 5) is 27.4. The Balaban J connectivity index is 2.31. The van der Waals surface area contributed by atoms with Crippen molar-refractivity contribution in [1.82, 2.24) is 4.98 Å². The Labute approximate surface area is 146 Å².